The average Bonchev–Trinajstić information content (AvgIpc) is 2.67. The van der Waals surface area contributed by atoms with Gasteiger partial charge in [0, 0.05) is 28.9 Å². The van der Waals surface area contributed by atoms with Crippen LogP contribution in [0.25, 0.3) is 0 Å². The van der Waals surface area contributed by atoms with E-state index in [0.717, 1.165) is 29.2 Å². The van der Waals surface area contributed by atoms with Gasteiger partial charge in [-0.1, -0.05) is 0 Å². The van der Waals surface area contributed by atoms with Crippen LogP contribution in [0.2, 0.25) is 0 Å². The summed E-state index contributed by atoms with van der Waals surface area (Å²) >= 11 is 0. The predicted octanol–water partition coefficient (Wildman–Crippen LogP) is 1.96. The van der Waals surface area contributed by atoms with E-state index in [1.54, 1.807) is 0 Å². The van der Waals surface area contributed by atoms with Crippen LogP contribution in [-0.2, 0) is 6.42 Å². The van der Waals surface area contributed by atoms with Crippen LogP contribution in [0.5, 0.6) is 0 Å². The molecule has 4 nitrogen and oxygen atoms in total. The monoisotopic (exact) mass is 204 g/mol. The molecule has 0 bridgehead atoms. The Morgan fingerprint density at radius 2 is 1.20 bits per heavy atom. The molecular weight excluding hydrogens is 188 g/mol. The van der Waals surface area contributed by atoms with Crippen molar-refractivity contribution < 1.29 is 0 Å². The molecule has 2 aromatic heterocycles. The van der Waals surface area contributed by atoms with Crippen molar-refractivity contribution in [2.24, 2.45) is 0 Å². The highest BCUT2D eigenvalue weighted by molar-refractivity contribution is 5.34. The number of aryl methyl sites for hydroxylation is 4. The molecule has 2 N–H and O–H groups in total. The van der Waals surface area contributed by atoms with E-state index in [0.29, 0.717) is 0 Å². The fourth-order valence-electron chi connectivity index (χ4n) is 1.85. The lowest BCUT2D eigenvalue weighted by Gasteiger charge is -2.01. The Morgan fingerprint density at radius 3 is 1.47 bits per heavy atom. The molecule has 0 unspecified atom stereocenters. The van der Waals surface area contributed by atoms with Crippen molar-refractivity contribution in [3.63, 3.8) is 0 Å². The molecule has 2 heterocycles. The van der Waals surface area contributed by atoms with Gasteiger partial charge >= 0.3 is 0 Å². The maximum atomic E-state index is 4.20. The zero-order chi connectivity index (χ0) is 11.0. The van der Waals surface area contributed by atoms with E-state index in [1.807, 2.05) is 13.8 Å². The summed E-state index contributed by atoms with van der Waals surface area (Å²) in [4.78, 5) is 0. The SMILES string of the molecule is Cc1n[nH]c(C)c1Cc1c(C)n[nH]c1C. The Labute approximate surface area is 89.1 Å². The van der Waals surface area contributed by atoms with E-state index in [4.69, 9.17) is 0 Å². The molecule has 2 rings (SSSR count). The lowest BCUT2D eigenvalue weighted by molar-refractivity contribution is 1.02. The predicted molar refractivity (Wildman–Crippen MR) is 58.9 cm³/mol. The largest absolute Gasteiger partial charge is 0.282 e. The molecule has 0 amide bonds. The second-order valence-corrected chi connectivity index (χ2v) is 4.00. The number of hydrogen-bond donors (Lipinski definition) is 2. The molecule has 4 heteroatoms. The molecule has 0 radical (unpaired) electrons. The zero-order valence-corrected chi connectivity index (χ0v) is 9.60. The van der Waals surface area contributed by atoms with Gasteiger partial charge in [0.2, 0.25) is 0 Å². The Bertz CT molecular complexity index is 395. The van der Waals surface area contributed by atoms with Crippen molar-refractivity contribution in [2.75, 3.05) is 0 Å². The van der Waals surface area contributed by atoms with Gasteiger partial charge in [-0.2, -0.15) is 10.2 Å². The highest BCUT2D eigenvalue weighted by atomic mass is 15.1. The van der Waals surface area contributed by atoms with Crippen molar-refractivity contribution in [1.29, 1.82) is 0 Å². The number of aromatic nitrogens is 4. The molecule has 0 aromatic carbocycles. The first-order valence-electron chi connectivity index (χ1n) is 5.10. The summed E-state index contributed by atoms with van der Waals surface area (Å²) in [6.07, 6.45) is 0.905. The number of rotatable bonds is 2. The zero-order valence-electron chi connectivity index (χ0n) is 9.60. The van der Waals surface area contributed by atoms with E-state index >= 15 is 0 Å². The number of hydrogen-bond acceptors (Lipinski definition) is 2. The summed E-state index contributed by atoms with van der Waals surface area (Å²) in [6.45, 7) is 8.17. The van der Waals surface area contributed by atoms with Crippen LogP contribution in [0.3, 0.4) is 0 Å². The Morgan fingerprint density at radius 1 is 0.800 bits per heavy atom. The maximum Gasteiger partial charge on any atom is 0.0629 e. The molecule has 0 atom stereocenters. The average molecular weight is 204 g/mol. The van der Waals surface area contributed by atoms with Crippen LogP contribution >= 0.6 is 0 Å². The van der Waals surface area contributed by atoms with Crippen molar-refractivity contribution in [2.45, 2.75) is 34.1 Å². The molecule has 0 saturated carbocycles. The fourth-order valence-corrected chi connectivity index (χ4v) is 1.85. The third-order valence-electron chi connectivity index (χ3n) is 2.91. The van der Waals surface area contributed by atoms with Crippen molar-refractivity contribution in [3.8, 4) is 0 Å². The number of aromatic amines is 2. The van der Waals surface area contributed by atoms with E-state index in [1.165, 1.54) is 11.1 Å². The standard InChI is InChI=1S/C11H16N4/c1-6-10(7(2)13-12-6)5-11-8(3)14-15-9(11)4/h5H2,1-4H3,(H,12,13)(H,14,15). The van der Waals surface area contributed by atoms with Crippen LogP contribution in [0.1, 0.15) is 33.9 Å². The van der Waals surface area contributed by atoms with Crippen molar-refractivity contribution in [1.82, 2.24) is 20.4 Å². The molecule has 0 aliphatic heterocycles. The van der Waals surface area contributed by atoms with E-state index in [-0.39, 0.29) is 0 Å². The lowest BCUT2D eigenvalue weighted by Crippen LogP contribution is -1.94. The first-order chi connectivity index (χ1) is 7.09. The molecule has 15 heavy (non-hydrogen) atoms. The molecule has 2 aromatic rings. The third-order valence-corrected chi connectivity index (χ3v) is 2.91. The van der Waals surface area contributed by atoms with Gasteiger partial charge in [-0.25, -0.2) is 0 Å². The molecule has 80 valence electrons. The number of H-pyrrole nitrogens is 2. The number of nitrogens with one attached hydrogen (secondary N) is 2. The van der Waals surface area contributed by atoms with Crippen molar-refractivity contribution >= 4 is 0 Å². The summed E-state index contributed by atoms with van der Waals surface area (Å²) in [6, 6.07) is 0. The van der Waals surface area contributed by atoms with Crippen molar-refractivity contribution in [3.05, 3.63) is 33.9 Å². The Kier molecular flexibility index (Phi) is 2.34. The van der Waals surface area contributed by atoms with E-state index in [2.05, 4.69) is 34.2 Å². The van der Waals surface area contributed by atoms with Crippen LogP contribution in [0.4, 0.5) is 0 Å². The topological polar surface area (TPSA) is 57.4 Å². The molecule has 0 saturated heterocycles. The molecular formula is C11H16N4. The summed E-state index contributed by atoms with van der Waals surface area (Å²) < 4.78 is 0. The van der Waals surface area contributed by atoms with Crippen LogP contribution in [0.15, 0.2) is 0 Å². The minimum atomic E-state index is 0.905. The Balaban J connectivity index is 2.37. The minimum absolute atomic E-state index is 0.905. The highest BCUT2D eigenvalue weighted by Crippen LogP contribution is 2.19. The molecule has 0 fully saturated rings. The van der Waals surface area contributed by atoms with Gasteiger partial charge < -0.3 is 0 Å². The van der Waals surface area contributed by atoms with Crippen LogP contribution in [-0.4, -0.2) is 20.4 Å². The van der Waals surface area contributed by atoms with E-state index < -0.39 is 0 Å². The summed E-state index contributed by atoms with van der Waals surface area (Å²) in [5.41, 5.74) is 7.00. The Hall–Kier alpha value is -1.58. The van der Waals surface area contributed by atoms with Crippen LogP contribution in [0, 0.1) is 27.7 Å². The second kappa shape index (κ2) is 3.53. The highest BCUT2D eigenvalue weighted by Gasteiger charge is 2.12. The fraction of sp³-hybridized carbons (Fsp3) is 0.455. The van der Waals surface area contributed by atoms with Gasteiger partial charge in [0.25, 0.3) is 0 Å². The smallest absolute Gasteiger partial charge is 0.0629 e. The first-order valence-corrected chi connectivity index (χ1v) is 5.10. The van der Waals surface area contributed by atoms with Gasteiger partial charge in [0.1, 0.15) is 0 Å². The summed E-state index contributed by atoms with van der Waals surface area (Å²) in [5, 5.41) is 14.4. The van der Waals surface area contributed by atoms with Crippen LogP contribution < -0.4 is 0 Å². The quantitative estimate of drug-likeness (QED) is 0.785. The summed E-state index contributed by atoms with van der Waals surface area (Å²) in [7, 11) is 0. The molecule has 0 aliphatic rings. The third kappa shape index (κ3) is 1.67. The number of nitrogens with zero attached hydrogens (tertiary/aromatic N) is 2. The molecule has 0 spiro atoms. The second-order valence-electron chi connectivity index (χ2n) is 4.00. The lowest BCUT2D eigenvalue weighted by atomic mass is 10.0. The maximum absolute atomic E-state index is 4.20. The van der Waals surface area contributed by atoms with Gasteiger partial charge in [-0.15, -0.1) is 0 Å². The van der Waals surface area contributed by atoms with Gasteiger partial charge in [-0.05, 0) is 27.7 Å². The normalized spacial score (nSPS) is 10.9. The van der Waals surface area contributed by atoms with Gasteiger partial charge in [-0.3, -0.25) is 10.2 Å². The van der Waals surface area contributed by atoms with Gasteiger partial charge in [0.05, 0.1) is 11.4 Å². The van der Waals surface area contributed by atoms with E-state index in [9.17, 15) is 0 Å². The molecule has 0 aliphatic carbocycles. The van der Waals surface area contributed by atoms with Gasteiger partial charge in [0.15, 0.2) is 0 Å². The minimum Gasteiger partial charge on any atom is -0.282 e. The summed E-state index contributed by atoms with van der Waals surface area (Å²) in [5.74, 6) is 0. The first kappa shape index (κ1) is 9.96.